The molecule has 0 spiro atoms. The first-order valence-corrected chi connectivity index (χ1v) is 6.70. The molecule has 0 radical (unpaired) electrons. The van der Waals surface area contributed by atoms with Gasteiger partial charge in [0, 0.05) is 31.1 Å². The summed E-state index contributed by atoms with van der Waals surface area (Å²) in [4.78, 5) is 25.5. The van der Waals surface area contributed by atoms with Crippen molar-refractivity contribution in [2.45, 2.75) is 13.0 Å². The van der Waals surface area contributed by atoms with Crippen molar-refractivity contribution in [3.05, 3.63) is 52.8 Å². The molecule has 0 aliphatic carbocycles. The van der Waals surface area contributed by atoms with Crippen LogP contribution < -0.4 is 0 Å². The van der Waals surface area contributed by atoms with Crippen molar-refractivity contribution in [2.75, 3.05) is 6.54 Å². The Balaban J connectivity index is 1.91. The van der Waals surface area contributed by atoms with Gasteiger partial charge in [-0.25, -0.2) is 4.79 Å². The highest BCUT2D eigenvalue weighted by molar-refractivity contribution is 5.94. The fourth-order valence-electron chi connectivity index (χ4n) is 2.71. The predicted octanol–water partition coefficient (Wildman–Crippen LogP) is 1.32. The van der Waals surface area contributed by atoms with Gasteiger partial charge in [-0.3, -0.25) is 9.48 Å². The number of fused-ring (bicyclic) bond motifs is 1. The summed E-state index contributed by atoms with van der Waals surface area (Å²) in [6, 6.07) is 9.01. The molecule has 0 bridgehead atoms. The van der Waals surface area contributed by atoms with Gasteiger partial charge in [-0.05, 0) is 12.1 Å². The molecule has 2 heterocycles. The van der Waals surface area contributed by atoms with E-state index in [2.05, 4.69) is 5.10 Å². The average molecular weight is 285 g/mol. The van der Waals surface area contributed by atoms with Crippen LogP contribution in [0.15, 0.2) is 30.3 Å². The number of amides is 1. The van der Waals surface area contributed by atoms with Crippen molar-refractivity contribution in [1.29, 1.82) is 0 Å². The molecule has 1 aromatic heterocycles. The molecule has 0 saturated heterocycles. The lowest BCUT2D eigenvalue weighted by Crippen LogP contribution is -2.36. The minimum Gasteiger partial charge on any atom is -0.477 e. The van der Waals surface area contributed by atoms with Crippen molar-refractivity contribution in [3.63, 3.8) is 0 Å². The monoisotopic (exact) mass is 285 g/mol. The molecular weight excluding hydrogens is 270 g/mol. The van der Waals surface area contributed by atoms with E-state index in [0.29, 0.717) is 30.6 Å². The van der Waals surface area contributed by atoms with E-state index in [1.54, 1.807) is 24.1 Å². The number of aromatic carboxylic acids is 1. The van der Waals surface area contributed by atoms with Gasteiger partial charge in [0.2, 0.25) is 0 Å². The van der Waals surface area contributed by atoms with Crippen molar-refractivity contribution >= 4 is 11.9 Å². The van der Waals surface area contributed by atoms with Crippen molar-refractivity contribution in [3.8, 4) is 0 Å². The Hall–Kier alpha value is -2.63. The molecule has 2 aromatic rings. The van der Waals surface area contributed by atoms with E-state index in [9.17, 15) is 14.7 Å². The van der Waals surface area contributed by atoms with Crippen LogP contribution in [0.4, 0.5) is 0 Å². The van der Waals surface area contributed by atoms with Gasteiger partial charge in [0.15, 0.2) is 5.69 Å². The maximum atomic E-state index is 12.4. The number of carbonyl (C=O) groups excluding carboxylic acids is 1. The number of carboxylic acid groups (broad SMARTS) is 1. The number of carbonyl (C=O) groups is 2. The van der Waals surface area contributed by atoms with Crippen LogP contribution in [0.3, 0.4) is 0 Å². The first kappa shape index (κ1) is 13.4. The highest BCUT2D eigenvalue weighted by Gasteiger charge is 2.29. The van der Waals surface area contributed by atoms with Gasteiger partial charge in [0.05, 0.1) is 12.2 Å². The van der Waals surface area contributed by atoms with Crippen molar-refractivity contribution < 1.29 is 14.7 Å². The summed E-state index contributed by atoms with van der Waals surface area (Å²) in [5.74, 6) is -1.10. The quantitative estimate of drug-likeness (QED) is 0.903. The van der Waals surface area contributed by atoms with E-state index >= 15 is 0 Å². The van der Waals surface area contributed by atoms with Gasteiger partial charge in [-0.2, -0.15) is 5.10 Å². The normalized spacial score (nSPS) is 13.9. The number of carboxylic acids is 1. The SMILES string of the molecule is Cn1nc2c(c1C(=O)O)CN(C(=O)c1ccccc1)CC2. The van der Waals surface area contributed by atoms with Crippen LogP contribution in [0.2, 0.25) is 0 Å². The molecule has 21 heavy (non-hydrogen) atoms. The first-order chi connectivity index (χ1) is 10.1. The Morgan fingerprint density at radius 2 is 1.95 bits per heavy atom. The molecule has 1 N–H and O–H groups in total. The Morgan fingerprint density at radius 1 is 1.24 bits per heavy atom. The maximum absolute atomic E-state index is 12.4. The Labute approximate surface area is 121 Å². The van der Waals surface area contributed by atoms with Crippen LogP contribution in [0, 0.1) is 0 Å². The summed E-state index contributed by atoms with van der Waals surface area (Å²) < 4.78 is 1.38. The summed E-state index contributed by atoms with van der Waals surface area (Å²) in [5, 5.41) is 13.5. The molecule has 0 fully saturated rings. The summed E-state index contributed by atoms with van der Waals surface area (Å²) >= 11 is 0. The lowest BCUT2D eigenvalue weighted by Gasteiger charge is -2.26. The van der Waals surface area contributed by atoms with Crippen LogP contribution in [0.1, 0.15) is 32.1 Å². The van der Waals surface area contributed by atoms with E-state index in [-0.39, 0.29) is 11.6 Å². The standard InChI is InChI=1S/C15H15N3O3/c1-17-13(15(20)21)11-9-18(8-7-12(11)16-17)14(19)10-5-3-2-4-6-10/h2-6H,7-9H2,1H3,(H,20,21). The second-order valence-corrected chi connectivity index (χ2v) is 5.05. The predicted molar refractivity (Wildman–Crippen MR) is 75.1 cm³/mol. The number of hydrogen-bond donors (Lipinski definition) is 1. The van der Waals surface area contributed by atoms with Gasteiger partial charge in [-0.15, -0.1) is 0 Å². The number of hydrogen-bond acceptors (Lipinski definition) is 3. The molecule has 1 amide bonds. The Morgan fingerprint density at radius 3 is 2.62 bits per heavy atom. The third kappa shape index (κ3) is 2.29. The first-order valence-electron chi connectivity index (χ1n) is 6.70. The molecule has 1 aromatic carbocycles. The number of benzene rings is 1. The van der Waals surface area contributed by atoms with Gasteiger partial charge in [0.1, 0.15) is 0 Å². The molecule has 0 unspecified atom stereocenters. The molecule has 6 heteroatoms. The Bertz CT molecular complexity index is 706. The van der Waals surface area contributed by atoms with Crippen LogP contribution in [-0.2, 0) is 20.0 Å². The number of nitrogens with zero attached hydrogens (tertiary/aromatic N) is 3. The van der Waals surface area contributed by atoms with E-state index in [4.69, 9.17) is 0 Å². The van der Waals surface area contributed by atoms with Gasteiger partial charge >= 0.3 is 5.97 Å². The second kappa shape index (κ2) is 5.05. The third-order valence-corrected chi connectivity index (χ3v) is 3.71. The molecule has 108 valence electrons. The fourth-order valence-corrected chi connectivity index (χ4v) is 2.71. The number of rotatable bonds is 2. The molecule has 0 saturated carbocycles. The minimum absolute atomic E-state index is 0.0820. The van der Waals surface area contributed by atoms with E-state index in [1.807, 2.05) is 18.2 Å². The summed E-state index contributed by atoms with van der Waals surface area (Å²) in [5.41, 5.74) is 2.19. The van der Waals surface area contributed by atoms with Gasteiger partial charge < -0.3 is 10.0 Å². The molecule has 6 nitrogen and oxygen atoms in total. The summed E-state index contributed by atoms with van der Waals surface area (Å²) in [6.07, 6.45) is 0.578. The zero-order valence-electron chi connectivity index (χ0n) is 11.6. The van der Waals surface area contributed by atoms with E-state index in [1.165, 1.54) is 4.68 Å². The highest BCUT2D eigenvalue weighted by Crippen LogP contribution is 2.23. The largest absolute Gasteiger partial charge is 0.477 e. The molecule has 1 aliphatic heterocycles. The lowest BCUT2D eigenvalue weighted by molar-refractivity contribution is 0.0669. The van der Waals surface area contributed by atoms with Crippen molar-refractivity contribution in [2.24, 2.45) is 7.05 Å². The van der Waals surface area contributed by atoms with Crippen LogP contribution in [0.25, 0.3) is 0 Å². The second-order valence-electron chi connectivity index (χ2n) is 5.05. The van der Waals surface area contributed by atoms with Crippen molar-refractivity contribution in [1.82, 2.24) is 14.7 Å². The van der Waals surface area contributed by atoms with E-state index < -0.39 is 5.97 Å². The molecule has 1 aliphatic rings. The number of aromatic nitrogens is 2. The maximum Gasteiger partial charge on any atom is 0.354 e. The fraction of sp³-hybridized carbons (Fsp3) is 0.267. The molecule has 3 rings (SSSR count). The number of aryl methyl sites for hydroxylation is 1. The van der Waals surface area contributed by atoms with Gasteiger partial charge in [0.25, 0.3) is 5.91 Å². The zero-order chi connectivity index (χ0) is 15.0. The topological polar surface area (TPSA) is 75.4 Å². The van der Waals surface area contributed by atoms with E-state index in [0.717, 1.165) is 5.69 Å². The van der Waals surface area contributed by atoms with Gasteiger partial charge in [-0.1, -0.05) is 18.2 Å². The smallest absolute Gasteiger partial charge is 0.354 e. The van der Waals surface area contributed by atoms with Crippen LogP contribution in [-0.4, -0.2) is 38.2 Å². The summed E-state index contributed by atoms with van der Waals surface area (Å²) in [7, 11) is 1.62. The molecular formula is C15H15N3O3. The van der Waals surface area contributed by atoms with Crippen LogP contribution >= 0.6 is 0 Å². The lowest BCUT2D eigenvalue weighted by atomic mass is 10.0. The highest BCUT2D eigenvalue weighted by atomic mass is 16.4. The van der Waals surface area contributed by atoms with Crippen LogP contribution in [0.5, 0.6) is 0 Å². The third-order valence-electron chi connectivity index (χ3n) is 3.71. The minimum atomic E-state index is -1.01. The Kier molecular flexibility index (Phi) is 3.21. The molecule has 0 atom stereocenters. The average Bonchev–Trinajstić information content (AvgIpc) is 2.82. The summed E-state index contributed by atoms with van der Waals surface area (Å²) in [6.45, 7) is 0.843. The zero-order valence-corrected chi connectivity index (χ0v) is 11.6.